The minimum Gasteiger partial charge on any atom is -0.322 e. The number of hydrogen-bond acceptors (Lipinski definition) is 4. The molecule has 2 saturated heterocycles. The number of amides is 3. The number of Topliss-reactive ketones (excluding diaryl/α,β-unsaturated/α-hetero) is 1. The molecule has 0 saturated carbocycles. The third-order valence-corrected chi connectivity index (χ3v) is 6.35. The molecule has 1 atom stereocenters. The van der Waals surface area contributed by atoms with Gasteiger partial charge in [0.15, 0.2) is 5.78 Å². The van der Waals surface area contributed by atoms with Crippen molar-refractivity contribution in [2.24, 2.45) is 0 Å². The Morgan fingerprint density at radius 1 is 1.19 bits per heavy atom. The van der Waals surface area contributed by atoms with Gasteiger partial charge in [0.05, 0.1) is 6.54 Å². The average molecular weight is 375 g/mol. The Bertz CT molecular complexity index is 681. The van der Waals surface area contributed by atoms with Crippen LogP contribution in [-0.4, -0.2) is 46.2 Å². The Morgan fingerprint density at radius 3 is 2.62 bits per heavy atom. The number of rotatable bonds is 8. The van der Waals surface area contributed by atoms with Gasteiger partial charge < -0.3 is 5.32 Å². The zero-order valence-corrected chi connectivity index (χ0v) is 16.1. The molecule has 2 aliphatic heterocycles. The van der Waals surface area contributed by atoms with E-state index in [-0.39, 0.29) is 18.2 Å². The molecule has 5 nitrogen and oxygen atoms in total. The lowest BCUT2D eigenvalue weighted by Gasteiger charge is -2.19. The van der Waals surface area contributed by atoms with E-state index in [1.807, 2.05) is 12.1 Å². The minimum absolute atomic E-state index is 0.188. The first kappa shape index (κ1) is 19.0. The number of nitrogens with one attached hydrogen (secondary N) is 1. The van der Waals surface area contributed by atoms with Crippen LogP contribution in [0.4, 0.5) is 4.79 Å². The van der Waals surface area contributed by atoms with E-state index in [2.05, 4.69) is 12.2 Å². The first-order valence-corrected chi connectivity index (χ1v) is 10.6. The molecule has 3 amide bonds. The molecule has 1 aromatic carbocycles. The Morgan fingerprint density at radius 2 is 1.96 bits per heavy atom. The summed E-state index contributed by atoms with van der Waals surface area (Å²) in [7, 11) is 0. The van der Waals surface area contributed by atoms with Gasteiger partial charge in [0, 0.05) is 11.3 Å². The SMILES string of the molecule is CCCCCCc1ccc(C(=O)CN2C(=O)NC3(CCSC3)C2=O)cc1. The van der Waals surface area contributed by atoms with Crippen LogP contribution in [0.3, 0.4) is 0 Å². The molecule has 26 heavy (non-hydrogen) atoms. The number of ketones is 1. The molecule has 2 heterocycles. The molecule has 1 unspecified atom stereocenters. The van der Waals surface area contributed by atoms with Crippen molar-refractivity contribution < 1.29 is 14.4 Å². The molecule has 6 heteroatoms. The van der Waals surface area contributed by atoms with E-state index in [4.69, 9.17) is 0 Å². The fraction of sp³-hybridized carbons (Fsp3) is 0.550. The third-order valence-electron chi connectivity index (χ3n) is 5.16. The van der Waals surface area contributed by atoms with Crippen LogP contribution in [-0.2, 0) is 11.2 Å². The van der Waals surface area contributed by atoms with Crippen LogP contribution >= 0.6 is 11.8 Å². The van der Waals surface area contributed by atoms with Gasteiger partial charge in [-0.1, -0.05) is 50.5 Å². The molecule has 0 aromatic heterocycles. The van der Waals surface area contributed by atoms with Gasteiger partial charge in [-0.2, -0.15) is 11.8 Å². The monoisotopic (exact) mass is 374 g/mol. The Kier molecular flexibility index (Phi) is 6.01. The number of benzene rings is 1. The van der Waals surface area contributed by atoms with Gasteiger partial charge in [-0.25, -0.2) is 4.79 Å². The quantitative estimate of drug-likeness (QED) is 0.430. The summed E-state index contributed by atoms with van der Waals surface area (Å²) in [4.78, 5) is 38.4. The van der Waals surface area contributed by atoms with Crippen molar-refractivity contribution in [3.05, 3.63) is 35.4 Å². The van der Waals surface area contributed by atoms with E-state index >= 15 is 0 Å². The largest absolute Gasteiger partial charge is 0.325 e. The maximum atomic E-state index is 12.6. The van der Waals surface area contributed by atoms with Crippen molar-refractivity contribution >= 4 is 29.5 Å². The fourth-order valence-corrected chi connectivity index (χ4v) is 4.83. The highest BCUT2D eigenvalue weighted by atomic mass is 32.2. The maximum absolute atomic E-state index is 12.6. The molecule has 2 fully saturated rings. The number of carbonyl (C=O) groups excluding carboxylic acids is 3. The maximum Gasteiger partial charge on any atom is 0.325 e. The Balaban J connectivity index is 1.58. The second-order valence-corrected chi connectivity index (χ2v) is 8.24. The first-order chi connectivity index (χ1) is 12.6. The number of urea groups is 1. The van der Waals surface area contributed by atoms with Crippen LogP contribution < -0.4 is 5.32 Å². The summed E-state index contributed by atoms with van der Waals surface area (Å²) in [5.41, 5.74) is 0.976. The average Bonchev–Trinajstić information content (AvgIpc) is 3.20. The highest BCUT2D eigenvalue weighted by Gasteiger charge is 2.53. The summed E-state index contributed by atoms with van der Waals surface area (Å²) in [6, 6.07) is 7.10. The molecule has 0 bridgehead atoms. The summed E-state index contributed by atoms with van der Waals surface area (Å²) in [5, 5.41) is 2.79. The highest BCUT2D eigenvalue weighted by molar-refractivity contribution is 7.99. The fourth-order valence-electron chi connectivity index (χ4n) is 3.50. The van der Waals surface area contributed by atoms with Crippen molar-refractivity contribution in [1.29, 1.82) is 0 Å². The Labute approximate surface area is 158 Å². The van der Waals surface area contributed by atoms with Crippen LogP contribution in [0.15, 0.2) is 24.3 Å². The van der Waals surface area contributed by atoms with Crippen LogP contribution in [0.1, 0.15) is 54.9 Å². The van der Waals surface area contributed by atoms with Crippen LogP contribution in [0.2, 0.25) is 0 Å². The molecule has 0 aliphatic carbocycles. The van der Waals surface area contributed by atoms with Gasteiger partial charge >= 0.3 is 6.03 Å². The molecule has 0 radical (unpaired) electrons. The van der Waals surface area contributed by atoms with Gasteiger partial charge in [0.1, 0.15) is 5.54 Å². The van der Waals surface area contributed by atoms with E-state index in [1.54, 1.807) is 23.9 Å². The summed E-state index contributed by atoms with van der Waals surface area (Å²) in [6.45, 7) is 2.01. The van der Waals surface area contributed by atoms with E-state index in [0.29, 0.717) is 17.7 Å². The first-order valence-electron chi connectivity index (χ1n) is 9.40. The zero-order chi connectivity index (χ0) is 18.6. The Hall–Kier alpha value is -1.82. The summed E-state index contributed by atoms with van der Waals surface area (Å²) in [5.74, 6) is 0.991. The van der Waals surface area contributed by atoms with Gasteiger partial charge in [-0.3, -0.25) is 14.5 Å². The van der Waals surface area contributed by atoms with Gasteiger partial charge in [-0.15, -0.1) is 0 Å². The molecule has 1 aromatic rings. The van der Waals surface area contributed by atoms with E-state index in [1.165, 1.54) is 24.8 Å². The second-order valence-electron chi connectivity index (χ2n) is 7.14. The van der Waals surface area contributed by atoms with E-state index in [0.717, 1.165) is 23.5 Å². The topological polar surface area (TPSA) is 66.5 Å². The van der Waals surface area contributed by atoms with Crippen molar-refractivity contribution in [2.45, 2.75) is 51.0 Å². The van der Waals surface area contributed by atoms with E-state index in [9.17, 15) is 14.4 Å². The van der Waals surface area contributed by atoms with Gasteiger partial charge in [-0.05, 0) is 30.6 Å². The lowest BCUT2D eigenvalue weighted by Crippen LogP contribution is -2.47. The predicted octanol–water partition coefficient (Wildman–Crippen LogP) is 3.42. The molecule has 2 aliphatic rings. The van der Waals surface area contributed by atoms with Gasteiger partial charge in [0.2, 0.25) is 0 Å². The number of nitrogens with zero attached hydrogens (tertiary/aromatic N) is 1. The second kappa shape index (κ2) is 8.25. The van der Waals surface area contributed by atoms with Crippen molar-refractivity contribution in [2.75, 3.05) is 18.1 Å². The number of hydrogen-bond donors (Lipinski definition) is 1. The molecule has 140 valence electrons. The minimum atomic E-state index is -0.787. The predicted molar refractivity (Wildman–Crippen MR) is 104 cm³/mol. The van der Waals surface area contributed by atoms with Crippen LogP contribution in [0, 0.1) is 0 Å². The lowest BCUT2D eigenvalue weighted by molar-refractivity contribution is -0.130. The normalized spacial score (nSPS) is 22.3. The number of imide groups is 1. The molecule has 3 rings (SSSR count). The number of unbranched alkanes of at least 4 members (excludes halogenated alkanes) is 3. The molecular formula is C20H26N2O3S. The smallest absolute Gasteiger partial charge is 0.322 e. The van der Waals surface area contributed by atoms with Crippen molar-refractivity contribution in [3.63, 3.8) is 0 Å². The molecule has 1 spiro atoms. The van der Waals surface area contributed by atoms with Crippen LogP contribution in [0.5, 0.6) is 0 Å². The van der Waals surface area contributed by atoms with E-state index < -0.39 is 11.6 Å². The third kappa shape index (κ3) is 3.95. The lowest BCUT2D eigenvalue weighted by atomic mass is 9.99. The summed E-state index contributed by atoms with van der Waals surface area (Å²) in [6.07, 6.45) is 6.51. The number of aryl methyl sites for hydroxylation is 1. The van der Waals surface area contributed by atoms with Gasteiger partial charge in [0.25, 0.3) is 5.91 Å². The zero-order valence-electron chi connectivity index (χ0n) is 15.3. The standard InChI is InChI=1S/C20H26N2O3S/c1-2-3-4-5-6-15-7-9-16(10-8-15)17(23)13-22-18(24)20(21-19(22)25)11-12-26-14-20/h7-10H,2-6,11-14H2,1H3,(H,21,25). The van der Waals surface area contributed by atoms with Crippen LogP contribution in [0.25, 0.3) is 0 Å². The van der Waals surface area contributed by atoms with Crippen molar-refractivity contribution in [1.82, 2.24) is 10.2 Å². The highest BCUT2D eigenvalue weighted by Crippen LogP contribution is 2.33. The number of thioether (sulfide) groups is 1. The summed E-state index contributed by atoms with van der Waals surface area (Å²) >= 11 is 1.66. The number of carbonyl (C=O) groups is 3. The summed E-state index contributed by atoms with van der Waals surface area (Å²) < 4.78 is 0. The molecule has 1 N–H and O–H groups in total. The van der Waals surface area contributed by atoms with Crippen molar-refractivity contribution in [3.8, 4) is 0 Å². The molecular weight excluding hydrogens is 348 g/mol.